The number of ether oxygens (including phenoxy) is 1. The fourth-order valence-corrected chi connectivity index (χ4v) is 4.77. The van der Waals surface area contributed by atoms with Crippen LogP contribution in [-0.4, -0.2) is 33.4 Å². The normalized spacial score (nSPS) is 11.3. The van der Waals surface area contributed by atoms with Crippen molar-refractivity contribution in [3.8, 4) is 23.0 Å². The van der Waals surface area contributed by atoms with Crippen molar-refractivity contribution in [2.75, 3.05) is 19.0 Å². The molecule has 6 aromatic rings. The van der Waals surface area contributed by atoms with Crippen molar-refractivity contribution in [2.45, 2.75) is 13.8 Å². The van der Waals surface area contributed by atoms with Gasteiger partial charge in [0.1, 0.15) is 17.3 Å². The van der Waals surface area contributed by atoms with Crippen LogP contribution in [0.15, 0.2) is 91.1 Å². The third-order valence-electron chi connectivity index (χ3n) is 6.43. The predicted octanol–water partition coefficient (Wildman–Crippen LogP) is 6.84. The first kappa shape index (κ1) is 21.9. The summed E-state index contributed by atoms with van der Waals surface area (Å²) < 4.78 is 10.5. The van der Waals surface area contributed by atoms with Gasteiger partial charge in [-0.25, -0.2) is 9.67 Å². The number of anilines is 1. The molecule has 0 aliphatic rings. The van der Waals surface area contributed by atoms with Crippen molar-refractivity contribution in [1.82, 2.24) is 19.3 Å². The Morgan fingerprint density at radius 2 is 1.56 bits per heavy atom. The predicted molar refractivity (Wildman–Crippen MR) is 146 cm³/mol. The van der Waals surface area contributed by atoms with Gasteiger partial charge in [-0.2, -0.15) is 5.10 Å². The van der Waals surface area contributed by atoms with E-state index in [1.807, 2.05) is 68.3 Å². The maximum Gasteiger partial charge on any atom is 0.139 e. The second-order valence-corrected chi connectivity index (χ2v) is 9.24. The smallest absolute Gasteiger partial charge is 0.139 e. The van der Waals surface area contributed by atoms with Gasteiger partial charge in [-0.3, -0.25) is 4.57 Å². The molecule has 0 saturated carbocycles. The molecule has 178 valence electrons. The number of hydrogen-bond donors (Lipinski definition) is 0. The zero-order chi connectivity index (χ0) is 24.8. The lowest BCUT2D eigenvalue weighted by Gasteiger charge is -2.14. The molecule has 0 unspecified atom stereocenters. The molecule has 0 fully saturated rings. The summed E-state index contributed by atoms with van der Waals surface area (Å²) in [6.07, 6.45) is 1.86. The molecule has 3 aromatic heterocycles. The van der Waals surface area contributed by atoms with E-state index in [9.17, 15) is 0 Å². The molecule has 3 aromatic carbocycles. The highest BCUT2D eigenvalue weighted by Gasteiger charge is 2.15. The quantitative estimate of drug-likeness (QED) is 0.275. The number of benzene rings is 3. The standard InChI is InChI=1S/C30H27N5O/c1-20-16-21(2)35(32-20)23-8-7-9-24(17-23)36-25-12-13-27-26-10-5-6-11-28(26)34(29(27)19-25)30-18-22(33(3)4)14-15-31-30/h5-19H,1-4H3. The number of rotatable bonds is 5. The van der Waals surface area contributed by atoms with E-state index < -0.39 is 0 Å². The van der Waals surface area contributed by atoms with Crippen LogP contribution in [0.3, 0.4) is 0 Å². The van der Waals surface area contributed by atoms with E-state index in [-0.39, 0.29) is 0 Å². The van der Waals surface area contributed by atoms with Gasteiger partial charge in [-0.15, -0.1) is 0 Å². The van der Waals surface area contributed by atoms with E-state index in [1.54, 1.807) is 0 Å². The summed E-state index contributed by atoms with van der Waals surface area (Å²) in [6.45, 7) is 4.06. The lowest BCUT2D eigenvalue weighted by Crippen LogP contribution is -2.09. The van der Waals surface area contributed by atoms with Gasteiger partial charge >= 0.3 is 0 Å². The van der Waals surface area contributed by atoms with Crippen LogP contribution < -0.4 is 9.64 Å². The highest BCUT2D eigenvalue weighted by atomic mass is 16.5. The second-order valence-electron chi connectivity index (χ2n) is 9.24. The van der Waals surface area contributed by atoms with Gasteiger partial charge in [0.05, 0.1) is 22.4 Å². The van der Waals surface area contributed by atoms with Gasteiger partial charge < -0.3 is 9.64 Å². The zero-order valence-electron chi connectivity index (χ0n) is 20.8. The number of para-hydroxylation sites is 1. The first-order valence-corrected chi connectivity index (χ1v) is 12.0. The summed E-state index contributed by atoms with van der Waals surface area (Å²) in [5.41, 5.74) is 6.30. The Labute approximate surface area is 210 Å². The molecule has 0 atom stereocenters. The van der Waals surface area contributed by atoms with Crippen LogP contribution in [0.2, 0.25) is 0 Å². The summed E-state index contributed by atoms with van der Waals surface area (Å²) in [5, 5.41) is 6.95. The largest absolute Gasteiger partial charge is 0.457 e. The molecule has 3 heterocycles. The van der Waals surface area contributed by atoms with E-state index in [2.05, 4.69) is 70.0 Å². The lowest BCUT2D eigenvalue weighted by atomic mass is 10.1. The second kappa shape index (κ2) is 8.57. The molecule has 6 rings (SSSR count). The highest BCUT2D eigenvalue weighted by molar-refractivity contribution is 6.09. The topological polar surface area (TPSA) is 48.1 Å². The number of aromatic nitrogens is 4. The molecule has 36 heavy (non-hydrogen) atoms. The minimum atomic E-state index is 0.759. The van der Waals surface area contributed by atoms with E-state index in [4.69, 9.17) is 9.72 Å². The van der Waals surface area contributed by atoms with E-state index in [0.29, 0.717) is 0 Å². The monoisotopic (exact) mass is 473 g/mol. The minimum Gasteiger partial charge on any atom is -0.457 e. The van der Waals surface area contributed by atoms with Gasteiger partial charge in [0.2, 0.25) is 0 Å². The molecule has 0 spiro atoms. The molecule has 0 bridgehead atoms. The van der Waals surface area contributed by atoms with Crippen molar-refractivity contribution >= 4 is 27.5 Å². The summed E-state index contributed by atoms with van der Waals surface area (Å²) in [4.78, 5) is 6.81. The molecule has 0 aliphatic carbocycles. The van der Waals surface area contributed by atoms with Crippen molar-refractivity contribution in [3.05, 3.63) is 103 Å². The Balaban J connectivity index is 1.46. The van der Waals surface area contributed by atoms with Crippen LogP contribution in [-0.2, 0) is 0 Å². The number of aryl methyl sites for hydroxylation is 2. The minimum absolute atomic E-state index is 0.759. The molecular weight excluding hydrogens is 446 g/mol. The average molecular weight is 474 g/mol. The number of hydrogen-bond acceptors (Lipinski definition) is 4. The van der Waals surface area contributed by atoms with Gasteiger partial charge in [0.15, 0.2) is 0 Å². The Morgan fingerprint density at radius 3 is 2.36 bits per heavy atom. The fourth-order valence-electron chi connectivity index (χ4n) is 4.77. The third-order valence-corrected chi connectivity index (χ3v) is 6.43. The SMILES string of the molecule is Cc1cc(C)n(-c2cccc(Oc3ccc4c5ccccc5n(-c5cc(N(C)C)ccn5)c4c3)c2)n1. The summed E-state index contributed by atoms with van der Waals surface area (Å²) in [5.74, 6) is 2.40. The maximum atomic E-state index is 6.36. The van der Waals surface area contributed by atoms with Crippen molar-refractivity contribution in [2.24, 2.45) is 0 Å². The molecular formula is C30H27N5O. The maximum absolute atomic E-state index is 6.36. The molecule has 0 N–H and O–H groups in total. The average Bonchev–Trinajstić information content (AvgIpc) is 3.40. The highest BCUT2D eigenvalue weighted by Crippen LogP contribution is 2.35. The van der Waals surface area contributed by atoms with Crippen LogP contribution >= 0.6 is 0 Å². The molecule has 0 aliphatic heterocycles. The first-order chi connectivity index (χ1) is 17.5. The summed E-state index contributed by atoms with van der Waals surface area (Å²) in [6, 6.07) is 28.9. The zero-order valence-corrected chi connectivity index (χ0v) is 20.8. The number of fused-ring (bicyclic) bond motifs is 3. The molecule has 6 nitrogen and oxygen atoms in total. The Kier molecular flexibility index (Phi) is 5.22. The summed E-state index contributed by atoms with van der Waals surface area (Å²) in [7, 11) is 4.08. The van der Waals surface area contributed by atoms with E-state index >= 15 is 0 Å². The Hall–Kier alpha value is -4.58. The van der Waals surface area contributed by atoms with E-state index in [1.165, 1.54) is 5.39 Å². The molecule has 0 amide bonds. The van der Waals surface area contributed by atoms with Gasteiger partial charge in [-0.1, -0.05) is 24.3 Å². The fraction of sp³-hybridized carbons (Fsp3) is 0.133. The van der Waals surface area contributed by atoms with Gasteiger partial charge in [-0.05, 0) is 56.3 Å². The van der Waals surface area contributed by atoms with Crippen LogP contribution in [0.1, 0.15) is 11.4 Å². The first-order valence-electron chi connectivity index (χ1n) is 12.0. The van der Waals surface area contributed by atoms with Crippen LogP contribution in [0.5, 0.6) is 11.5 Å². The Bertz CT molecular complexity index is 1730. The molecule has 6 heteroatoms. The van der Waals surface area contributed by atoms with Crippen molar-refractivity contribution in [1.29, 1.82) is 0 Å². The van der Waals surface area contributed by atoms with Crippen molar-refractivity contribution < 1.29 is 4.74 Å². The molecule has 0 radical (unpaired) electrons. The number of pyridine rings is 1. The van der Waals surface area contributed by atoms with E-state index in [0.717, 1.165) is 56.5 Å². The van der Waals surface area contributed by atoms with Crippen LogP contribution in [0, 0.1) is 13.8 Å². The van der Waals surface area contributed by atoms with Crippen LogP contribution in [0.25, 0.3) is 33.3 Å². The lowest BCUT2D eigenvalue weighted by molar-refractivity contribution is 0.483. The third kappa shape index (κ3) is 3.77. The number of nitrogens with zero attached hydrogens (tertiary/aromatic N) is 5. The van der Waals surface area contributed by atoms with Gasteiger partial charge in [0.25, 0.3) is 0 Å². The molecule has 0 saturated heterocycles. The summed E-state index contributed by atoms with van der Waals surface area (Å²) >= 11 is 0. The van der Waals surface area contributed by atoms with Crippen molar-refractivity contribution in [3.63, 3.8) is 0 Å². The Morgan fingerprint density at radius 1 is 0.750 bits per heavy atom. The van der Waals surface area contributed by atoms with Gasteiger partial charge in [0, 0.05) is 60.6 Å². The van der Waals surface area contributed by atoms with Crippen LogP contribution in [0.4, 0.5) is 5.69 Å².